The molecule has 0 atom stereocenters. The van der Waals surface area contributed by atoms with Crippen molar-refractivity contribution < 1.29 is 13.5 Å². The fraction of sp³-hybridized carbons (Fsp3) is 0.600. The Bertz CT molecular complexity index is 639. The Morgan fingerprint density at radius 1 is 1.29 bits per heavy atom. The van der Waals surface area contributed by atoms with Crippen molar-refractivity contribution in [2.75, 3.05) is 0 Å². The molecule has 3 rings (SSSR count). The zero-order valence-electron chi connectivity index (χ0n) is 12.0. The highest BCUT2D eigenvalue weighted by molar-refractivity contribution is 9.10. The van der Waals surface area contributed by atoms with Crippen LogP contribution in [-0.2, 0) is 16.6 Å². The molecule has 0 aromatic heterocycles. The second kappa shape index (κ2) is 5.65. The molecule has 0 radical (unpaired) electrons. The van der Waals surface area contributed by atoms with Crippen molar-refractivity contribution in [1.29, 1.82) is 0 Å². The molecule has 2 fully saturated rings. The summed E-state index contributed by atoms with van der Waals surface area (Å²) in [6.07, 6.45) is 4.51. The summed E-state index contributed by atoms with van der Waals surface area (Å²) in [6.45, 7) is 1.61. The third-order valence-electron chi connectivity index (χ3n) is 4.38. The number of sulfonamides is 1. The van der Waals surface area contributed by atoms with Gasteiger partial charge in [-0.15, -0.1) is 0 Å². The van der Waals surface area contributed by atoms with Crippen LogP contribution in [-0.4, -0.2) is 19.6 Å². The summed E-state index contributed by atoms with van der Waals surface area (Å²) >= 11 is 3.38. The van der Waals surface area contributed by atoms with Gasteiger partial charge in [-0.3, -0.25) is 0 Å². The molecule has 2 aliphatic rings. The Balaban J connectivity index is 1.92. The van der Waals surface area contributed by atoms with E-state index >= 15 is 0 Å². The highest BCUT2D eigenvalue weighted by atomic mass is 79.9. The Morgan fingerprint density at radius 2 is 1.86 bits per heavy atom. The maximum Gasteiger partial charge on any atom is 0.241 e. The van der Waals surface area contributed by atoms with E-state index in [0.29, 0.717) is 27.4 Å². The zero-order chi connectivity index (χ0) is 15.2. The van der Waals surface area contributed by atoms with Gasteiger partial charge in [0.1, 0.15) is 0 Å². The monoisotopic (exact) mass is 373 g/mol. The summed E-state index contributed by atoms with van der Waals surface area (Å²) in [4.78, 5) is 0.271. The smallest absolute Gasteiger partial charge is 0.241 e. The summed E-state index contributed by atoms with van der Waals surface area (Å²) in [5, 5.41) is 9.29. The Hall–Kier alpha value is -0.430. The number of hydrogen-bond acceptors (Lipinski definition) is 3. The number of nitrogens with one attached hydrogen (secondary N) is 1. The van der Waals surface area contributed by atoms with E-state index in [-0.39, 0.29) is 17.5 Å². The lowest BCUT2D eigenvalue weighted by molar-refractivity contribution is 0.281. The van der Waals surface area contributed by atoms with Crippen LogP contribution in [0.5, 0.6) is 0 Å². The molecule has 2 saturated carbocycles. The molecule has 21 heavy (non-hydrogen) atoms. The molecule has 0 unspecified atom stereocenters. The lowest BCUT2D eigenvalue weighted by Crippen LogP contribution is -2.38. The molecule has 1 aromatic rings. The van der Waals surface area contributed by atoms with Crippen LogP contribution in [0, 0.1) is 18.8 Å². The molecule has 2 N–H and O–H groups in total. The van der Waals surface area contributed by atoms with E-state index in [1.54, 1.807) is 19.1 Å². The lowest BCUT2D eigenvalue weighted by Gasteiger charge is -2.19. The van der Waals surface area contributed by atoms with Gasteiger partial charge >= 0.3 is 0 Å². The van der Waals surface area contributed by atoms with E-state index in [4.69, 9.17) is 0 Å². The summed E-state index contributed by atoms with van der Waals surface area (Å²) in [5.41, 5.74) is 1.28. The van der Waals surface area contributed by atoms with Gasteiger partial charge < -0.3 is 5.11 Å². The van der Waals surface area contributed by atoms with E-state index in [9.17, 15) is 13.5 Å². The van der Waals surface area contributed by atoms with Gasteiger partial charge in [-0.25, -0.2) is 13.1 Å². The van der Waals surface area contributed by atoms with Gasteiger partial charge in [0.2, 0.25) is 10.0 Å². The predicted molar refractivity (Wildman–Crippen MR) is 84.4 cm³/mol. The lowest BCUT2D eigenvalue weighted by atomic mass is 10.1. The van der Waals surface area contributed by atoms with Crippen LogP contribution in [0.4, 0.5) is 0 Å². The quantitative estimate of drug-likeness (QED) is 0.805. The molecule has 116 valence electrons. The largest absolute Gasteiger partial charge is 0.392 e. The van der Waals surface area contributed by atoms with E-state index in [1.165, 1.54) is 0 Å². The molecule has 0 heterocycles. The summed E-state index contributed by atoms with van der Waals surface area (Å²) < 4.78 is 29.1. The van der Waals surface area contributed by atoms with Crippen LogP contribution in [0.15, 0.2) is 21.5 Å². The van der Waals surface area contributed by atoms with Crippen molar-refractivity contribution in [2.45, 2.75) is 50.2 Å². The van der Waals surface area contributed by atoms with E-state index in [0.717, 1.165) is 25.7 Å². The first-order valence-electron chi connectivity index (χ1n) is 7.34. The minimum Gasteiger partial charge on any atom is -0.392 e. The van der Waals surface area contributed by atoms with Gasteiger partial charge in [0.05, 0.1) is 11.5 Å². The van der Waals surface area contributed by atoms with Crippen LogP contribution in [0.1, 0.15) is 36.8 Å². The molecule has 0 bridgehead atoms. The third kappa shape index (κ3) is 3.33. The number of halogens is 1. The fourth-order valence-electron chi connectivity index (χ4n) is 2.81. The molecule has 0 saturated heterocycles. The second-order valence-corrected chi connectivity index (χ2v) is 8.72. The molecule has 1 aromatic carbocycles. The summed E-state index contributed by atoms with van der Waals surface area (Å²) in [5.74, 6) is 1.02. The average molecular weight is 374 g/mol. The minimum absolute atomic E-state index is 0.0889. The van der Waals surface area contributed by atoms with Crippen LogP contribution < -0.4 is 4.72 Å². The fourth-order valence-corrected chi connectivity index (χ4v) is 5.14. The maximum absolute atomic E-state index is 12.7. The summed E-state index contributed by atoms with van der Waals surface area (Å²) in [7, 11) is -3.55. The van der Waals surface area contributed by atoms with Crippen molar-refractivity contribution in [1.82, 2.24) is 4.72 Å². The topological polar surface area (TPSA) is 66.4 Å². The van der Waals surface area contributed by atoms with Crippen LogP contribution >= 0.6 is 15.9 Å². The van der Waals surface area contributed by atoms with Gasteiger partial charge in [-0.2, -0.15) is 0 Å². The standard InChI is InChI=1S/C15H20BrNO3S/c1-9-13(16)6-10(8-18)7-14(9)21(19,20)17-15(11-2-3-11)12-4-5-12/h6-7,11-12,15,17-18H,2-5,8H2,1H3. The number of rotatable bonds is 6. The minimum atomic E-state index is -3.55. The van der Waals surface area contributed by atoms with Gasteiger partial charge in [0.25, 0.3) is 0 Å². The van der Waals surface area contributed by atoms with Gasteiger partial charge in [-0.1, -0.05) is 15.9 Å². The molecular weight excluding hydrogens is 354 g/mol. The van der Waals surface area contributed by atoms with E-state index < -0.39 is 10.0 Å². The molecule has 6 heteroatoms. The highest BCUT2D eigenvalue weighted by Crippen LogP contribution is 2.45. The average Bonchev–Trinajstić information content (AvgIpc) is 3.30. The van der Waals surface area contributed by atoms with E-state index in [1.807, 2.05) is 0 Å². The van der Waals surface area contributed by atoms with Crippen molar-refractivity contribution in [3.05, 3.63) is 27.7 Å². The van der Waals surface area contributed by atoms with Crippen molar-refractivity contribution >= 4 is 26.0 Å². The molecule has 0 aliphatic heterocycles. The summed E-state index contributed by atoms with van der Waals surface area (Å²) in [6, 6.07) is 3.42. The number of hydrogen-bond donors (Lipinski definition) is 2. The molecule has 0 spiro atoms. The van der Waals surface area contributed by atoms with E-state index in [2.05, 4.69) is 20.7 Å². The molecular formula is C15H20BrNO3S. The van der Waals surface area contributed by atoms with Gasteiger partial charge in [-0.05, 0) is 67.7 Å². The SMILES string of the molecule is Cc1c(Br)cc(CO)cc1S(=O)(=O)NC(C1CC1)C1CC1. The zero-order valence-corrected chi connectivity index (χ0v) is 14.4. The highest BCUT2D eigenvalue weighted by Gasteiger charge is 2.43. The molecule has 4 nitrogen and oxygen atoms in total. The molecule has 2 aliphatic carbocycles. The van der Waals surface area contributed by atoms with Crippen LogP contribution in [0.25, 0.3) is 0 Å². The number of benzene rings is 1. The molecule has 0 amide bonds. The Labute approximate surface area is 134 Å². The first-order chi connectivity index (χ1) is 9.92. The van der Waals surface area contributed by atoms with Crippen molar-refractivity contribution in [3.63, 3.8) is 0 Å². The number of aliphatic hydroxyl groups excluding tert-OH is 1. The van der Waals surface area contributed by atoms with Crippen molar-refractivity contribution in [3.8, 4) is 0 Å². The predicted octanol–water partition coefficient (Wildman–Crippen LogP) is 2.72. The maximum atomic E-state index is 12.7. The van der Waals surface area contributed by atoms with Crippen molar-refractivity contribution in [2.24, 2.45) is 11.8 Å². The van der Waals surface area contributed by atoms with Crippen LogP contribution in [0.2, 0.25) is 0 Å². The second-order valence-electron chi connectivity index (χ2n) is 6.18. The first-order valence-corrected chi connectivity index (χ1v) is 9.62. The number of aliphatic hydroxyl groups is 1. The van der Waals surface area contributed by atoms with Gasteiger partial charge in [0, 0.05) is 10.5 Å². The third-order valence-corrected chi connectivity index (χ3v) is 6.79. The normalized spacial score (nSPS) is 19.2. The van der Waals surface area contributed by atoms with Gasteiger partial charge in [0.15, 0.2) is 0 Å². The Kier molecular flexibility index (Phi) is 4.16. The first kappa shape index (κ1) is 15.5. The Morgan fingerprint density at radius 3 is 2.33 bits per heavy atom. The van der Waals surface area contributed by atoms with Crippen LogP contribution in [0.3, 0.4) is 0 Å².